The average molecular weight is 483 g/mol. The second kappa shape index (κ2) is 11.3. The van der Waals surface area contributed by atoms with Crippen molar-refractivity contribution in [3.63, 3.8) is 0 Å². The fraction of sp³-hybridized carbons (Fsp3) is 0.200. The zero-order chi connectivity index (χ0) is 24.6. The van der Waals surface area contributed by atoms with E-state index in [2.05, 4.69) is 10.0 Å². The van der Waals surface area contributed by atoms with E-state index in [4.69, 9.17) is 9.47 Å². The highest BCUT2D eigenvalue weighted by molar-refractivity contribution is 7.92. The Morgan fingerprint density at radius 3 is 2.18 bits per heavy atom. The minimum Gasteiger partial charge on any atom is -0.497 e. The van der Waals surface area contributed by atoms with Crippen molar-refractivity contribution in [1.29, 1.82) is 0 Å². The van der Waals surface area contributed by atoms with Crippen molar-refractivity contribution in [3.8, 4) is 11.5 Å². The van der Waals surface area contributed by atoms with Gasteiger partial charge in [0.1, 0.15) is 11.5 Å². The quantitative estimate of drug-likeness (QED) is 0.390. The van der Waals surface area contributed by atoms with Crippen LogP contribution in [0.15, 0.2) is 77.7 Å². The van der Waals surface area contributed by atoms with Gasteiger partial charge in [-0.3, -0.25) is 14.3 Å². The Morgan fingerprint density at radius 2 is 1.53 bits per heavy atom. The first-order chi connectivity index (χ1) is 16.3. The maximum Gasteiger partial charge on any atom is 0.261 e. The number of anilines is 2. The van der Waals surface area contributed by atoms with Gasteiger partial charge in [0.25, 0.3) is 10.0 Å². The third-order valence-electron chi connectivity index (χ3n) is 4.84. The minimum absolute atomic E-state index is 0.00779. The van der Waals surface area contributed by atoms with Crippen molar-refractivity contribution < 1.29 is 27.5 Å². The van der Waals surface area contributed by atoms with Crippen LogP contribution < -0.4 is 19.5 Å². The summed E-state index contributed by atoms with van der Waals surface area (Å²) in [6.07, 6.45) is -0.00997. The summed E-state index contributed by atoms with van der Waals surface area (Å²) in [7, 11) is -2.34. The number of methoxy groups -OCH3 is 1. The van der Waals surface area contributed by atoms with Crippen LogP contribution in [0.25, 0.3) is 0 Å². The van der Waals surface area contributed by atoms with Crippen molar-refractivity contribution in [3.05, 3.63) is 78.4 Å². The standard InChI is InChI=1S/C25H26N2O6S/c1-3-33-22-11-7-18(8-12-22)24(28)15-16-25(29)26-20-5-4-6-23(17-20)34(30,31)27-19-9-13-21(32-2)14-10-19/h4-14,17,27H,3,15-16H2,1-2H3,(H,26,29). The minimum atomic E-state index is -3.87. The molecular weight excluding hydrogens is 456 g/mol. The van der Waals surface area contributed by atoms with E-state index in [0.717, 1.165) is 0 Å². The van der Waals surface area contributed by atoms with Crippen molar-refractivity contribution >= 4 is 33.1 Å². The van der Waals surface area contributed by atoms with Gasteiger partial charge < -0.3 is 14.8 Å². The number of benzene rings is 3. The second-order valence-corrected chi connectivity index (χ2v) is 8.97. The maximum atomic E-state index is 12.7. The van der Waals surface area contributed by atoms with Crippen LogP contribution in [-0.2, 0) is 14.8 Å². The van der Waals surface area contributed by atoms with E-state index in [0.29, 0.717) is 35.0 Å². The maximum absolute atomic E-state index is 12.7. The SMILES string of the molecule is CCOc1ccc(C(=O)CCC(=O)Nc2cccc(S(=O)(=O)Nc3ccc(OC)cc3)c2)cc1. The predicted molar refractivity (Wildman–Crippen MR) is 130 cm³/mol. The Kier molecular flexibility index (Phi) is 8.26. The second-order valence-electron chi connectivity index (χ2n) is 7.29. The van der Waals surface area contributed by atoms with Gasteiger partial charge in [0.05, 0.1) is 18.6 Å². The lowest BCUT2D eigenvalue weighted by Crippen LogP contribution is -2.15. The average Bonchev–Trinajstić information content (AvgIpc) is 2.83. The van der Waals surface area contributed by atoms with E-state index in [1.807, 2.05) is 6.92 Å². The van der Waals surface area contributed by atoms with Crippen LogP contribution >= 0.6 is 0 Å². The molecule has 0 spiro atoms. The fourth-order valence-electron chi connectivity index (χ4n) is 3.11. The highest BCUT2D eigenvalue weighted by Gasteiger charge is 2.16. The van der Waals surface area contributed by atoms with E-state index >= 15 is 0 Å². The molecule has 178 valence electrons. The van der Waals surface area contributed by atoms with Crippen LogP contribution in [-0.4, -0.2) is 33.8 Å². The molecule has 3 aromatic carbocycles. The molecule has 0 aliphatic heterocycles. The topological polar surface area (TPSA) is 111 Å². The van der Waals surface area contributed by atoms with Gasteiger partial charge in [-0.2, -0.15) is 0 Å². The number of sulfonamides is 1. The highest BCUT2D eigenvalue weighted by atomic mass is 32.2. The number of carbonyl (C=O) groups excluding carboxylic acids is 2. The van der Waals surface area contributed by atoms with E-state index in [-0.39, 0.29) is 23.5 Å². The number of hydrogen-bond donors (Lipinski definition) is 2. The van der Waals surface area contributed by atoms with Gasteiger partial charge in [-0.25, -0.2) is 8.42 Å². The molecule has 2 N–H and O–H groups in total. The van der Waals surface area contributed by atoms with Crippen LogP contribution in [0.2, 0.25) is 0 Å². The Balaban J connectivity index is 1.58. The lowest BCUT2D eigenvalue weighted by atomic mass is 10.1. The molecule has 0 atom stereocenters. The summed E-state index contributed by atoms with van der Waals surface area (Å²) in [5.41, 5.74) is 1.19. The summed E-state index contributed by atoms with van der Waals surface area (Å²) in [6.45, 7) is 2.41. The number of rotatable bonds is 11. The molecule has 0 heterocycles. The molecule has 34 heavy (non-hydrogen) atoms. The van der Waals surface area contributed by atoms with Gasteiger partial charge in [-0.1, -0.05) is 6.07 Å². The summed E-state index contributed by atoms with van der Waals surface area (Å²) in [5, 5.41) is 2.65. The van der Waals surface area contributed by atoms with E-state index < -0.39 is 15.9 Å². The number of amides is 1. The van der Waals surface area contributed by atoms with Crippen molar-refractivity contribution in [1.82, 2.24) is 0 Å². The Labute approximate surface area is 199 Å². The lowest BCUT2D eigenvalue weighted by Gasteiger charge is -2.11. The van der Waals surface area contributed by atoms with Gasteiger partial charge in [-0.05, 0) is 73.7 Å². The van der Waals surface area contributed by atoms with Crippen molar-refractivity contribution in [2.24, 2.45) is 0 Å². The zero-order valence-electron chi connectivity index (χ0n) is 18.9. The molecule has 0 aromatic heterocycles. The molecule has 1 amide bonds. The van der Waals surface area contributed by atoms with E-state index in [9.17, 15) is 18.0 Å². The van der Waals surface area contributed by atoms with Crippen molar-refractivity contribution in [2.45, 2.75) is 24.7 Å². The van der Waals surface area contributed by atoms with Gasteiger partial charge in [0.2, 0.25) is 5.91 Å². The largest absolute Gasteiger partial charge is 0.497 e. The molecule has 8 nitrogen and oxygen atoms in total. The van der Waals surface area contributed by atoms with Crippen LogP contribution in [0.1, 0.15) is 30.1 Å². The molecular formula is C25H26N2O6S. The summed E-state index contributed by atoms with van der Waals surface area (Å²) >= 11 is 0. The molecule has 0 aliphatic carbocycles. The highest BCUT2D eigenvalue weighted by Crippen LogP contribution is 2.21. The van der Waals surface area contributed by atoms with Crippen molar-refractivity contribution in [2.75, 3.05) is 23.8 Å². The first-order valence-corrected chi connectivity index (χ1v) is 12.1. The van der Waals surface area contributed by atoms with Gasteiger partial charge in [0.15, 0.2) is 5.78 Å². The van der Waals surface area contributed by atoms with Crippen LogP contribution in [0, 0.1) is 0 Å². The number of carbonyl (C=O) groups is 2. The molecule has 3 aromatic rings. The molecule has 3 rings (SSSR count). The molecule has 0 aliphatic rings. The lowest BCUT2D eigenvalue weighted by molar-refractivity contribution is -0.116. The molecule has 0 radical (unpaired) electrons. The third kappa shape index (κ3) is 6.82. The smallest absolute Gasteiger partial charge is 0.261 e. The summed E-state index contributed by atoms with van der Waals surface area (Å²) in [6, 6.07) is 19.1. The van der Waals surface area contributed by atoms with Crippen LogP contribution in [0.3, 0.4) is 0 Å². The van der Waals surface area contributed by atoms with E-state index in [1.165, 1.54) is 25.3 Å². The number of ketones is 1. The van der Waals surface area contributed by atoms with Gasteiger partial charge in [-0.15, -0.1) is 0 Å². The van der Waals surface area contributed by atoms with Gasteiger partial charge >= 0.3 is 0 Å². The molecule has 0 saturated carbocycles. The van der Waals surface area contributed by atoms with E-state index in [1.54, 1.807) is 54.6 Å². The molecule has 9 heteroatoms. The first kappa shape index (κ1) is 24.8. The number of hydrogen-bond acceptors (Lipinski definition) is 6. The van der Waals surface area contributed by atoms with Gasteiger partial charge in [0, 0.05) is 29.8 Å². The molecule has 0 fully saturated rings. The Morgan fingerprint density at radius 1 is 0.853 bits per heavy atom. The summed E-state index contributed by atoms with van der Waals surface area (Å²) in [5.74, 6) is 0.719. The van der Waals surface area contributed by atoms with Crippen LogP contribution in [0.4, 0.5) is 11.4 Å². The normalized spacial score (nSPS) is 10.9. The number of Topliss-reactive ketones (excluding diaryl/α,β-unsaturated/α-hetero) is 1. The summed E-state index contributed by atoms with van der Waals surface area (Å²) in [4.78, 5) is 24.7. The number of nitrogens with one attached hydrogen (secondary N) is 2. The molecule has 0 bridgehead atoms. The zero-order valence-corrected chi connectivity index (χ0v) is 19.7. The number of ether oxygens (including phenoxy) is 2. The first-order valence-electron chi connectivity index (χ1n) is 10.6. The molecule has 0 unspecified atom stereocenters. The predicted octanol–water partition coefficient (Wildman–Crippen LogP) is 4.50. The molecule has 0 saturated heterocycles. The monoisotopic (exact) mass is 482 g/mol. The Bertz CT molecular complexity index is 1240. The summed E-state index contributed by atoms with van der Waals surface area (Å²) < 4.78 is 38.4. The third-order valence-corrected chi connectivity index (χ3v) is 6.22. The van der Waals surface area contributed by atoms with Crippen LogP contribution in [0.5, 0.6) is 11.5 Å². The fourth-order valence-corrected chi connectivity index (χ4v) is 4.22. The Hall–Kier alpha value is -3.85.